The molecule has 2 atom stereocenters. The Morgan fingerprint density at radius 1 is 1.37 bits per heavy atom. The second-order valence-corrected chi connectivity index (χ2v) is 5.62. The first-order valence-electron chi connectivity index (χ1n) is 6.23. The van der Waals surface area contributed by atoms with Crippen LogP contribution in [0.15, 0.2) is 24.5 Å². The molecule has 0 saturated carbocycles. The van der Waals surface area contributed by atoms with Crippen molar-refractivity contribution in [3.8, 4) is 0 Å². The summed E-state index contributed by atoms with van der Waals surface area (Å²) >= 11 is 5.96. The van der Waals surface area contributed by atoms with E-state index in [4.69, 9.17) is 17.3 Å². The molecule has 0 aromatic carbocycles. The Hall–Kier alpha value is -0.810. The smallest absolute Gasteiger partial charge is 0.137 e. The van der Waals surface area contributed by atoms with Crippen molar-refractivity contribution in [1.82, 2.24) is 14.3 Å². The maximum atomic E-state index is 6.03. The number of imidazole rings is 1. The van der Waals surface area contributed by atoms with Crippen molar-refractivity contribution >= 4 is 29.7 Å². The first-order valence-corrected chi connectivity index (χ1v) is 6.60. The SMILES string of the molecule is CC1CN(Cc2cn3cc(Cl)ccc3n2)CC1N.Cl. The Balaban J connectivity index is 0.00000133. The van der Waals surface area contributed by atoms with Gasteiger partial charge >= 0.3 is 0 Å². The zero-order chi connectivity index (χ0) is 12.7. The van der Waals surface area contributed by atoms with Crippen molar-refractivity contribution in [3.63, 3.8) is 0 Å². The number of nitrogens with two attached hydrogens (primary N) is 1. The van der Waals surface area contributed by atoms with E-state index < -0.39 is 0 Å². The number of likely N-dealkylation sites (tertiary alicyclic amines) is 1. The van der Waals surface area contributed by atoms with E-state index in [0.29, 0.717) is 5.92 Å². The summed E-state index contributed by atoms with van der Waals surface area (Å²) in [6.07, 6.45) is 3.92. The van der Waals surface area contributed by atoms with Gasteiger partial charge in [-0.05, 0) is 18.1 Å². The minimum Gasteiger partial charge on any atom is -0.326 e. The van der Waals surface area contributed by atoms with Gasteiger partial charge in [-0.15, -0.1) is 12.4 Å². The van der Waals surface area contributed by atoms with E-state index in [9.17, 15) is 0 Å². The number of halogens is 2. The van der Waals surface area contributed by atoms with Crippen LogP contribution in [0.4, 0.5) is 0 Å². The fraction of sp³-hybridized carbons (Fsp3) is 0.462. The highest BCUT2D eigenvalue weighted by Crippen LogP contribution is 2.18. The molecule has 1 aliphatic rings. The van der Waals surface area contributed by atoms with Gasteiger partial charge in [0.2, 0.25) is 0 Å². The molecular formula is C13H18Cl2N4. The lowest BCUT2D eigenvalue weighted by Crippen LogP contribution is -2.28. The van der Waals surface area contributed by atoms with Crippen LogP contribution in [0, 0.1) is 5.92 Å². The molecule has 2 aromatic rings. The molecule has 0 spiro atoms. The number of hydrogen-bond donors (Lipinski definition) is 1. The number of nitrogens with zero attached hydrogens (tertiary/aromatic N) is 3. The number of fused-ring (bicyclic) bond motifs is 1. The van der Waals surface area contributed by atoms with Gasteiger partial charge in [0, 0.05) is 38.1 Å². The molecule has 0 radical (unpaired) electrons. The van der Waals surface area contributed by atoms with Crippen LogP contribution in [0.2, 0.25) is 5.02 Å². The maximum absolute atomic E-state index is 6.03. The highest BCUT2D eigenvalue weighted by atomic mass is 35.5. The van der Waals surface area contributed by atoms with Gasteiger partial charge in [-0.1, -0.05) is 18.5 Å². The fourth-order valence-corrected chi connectivity index (χ4v) is 2.72. The van der Waals surface area contributed by atoms with E-state index in [0.717, 1.165) is 36.0 Å². The first-order chi connectivity index (χ1) is 8.61. The molecule has 2 unspecified atom stereocenters. The quantitative estimate of drug-likeness (QED) is 0.925. The van der Waals surface area contributed by atoms with E-state index >= 15 is 0 Å². The summed E-state index contributed by atoms with van der Waals surface area (Å²) < 4.78 is 1.97. The third kappa shape index (κ3) is 3.03. The Morgan fingerprint density at radius 3 is 2.84 bits per heavy atom. The van der Waals surface area contributed by atoms with Gasteiger partial charge in [0.25, 0.3) is 0 Å². The molecule has 6 heteroatoms. The third-order valence-electron chi connectivity index (χ3n) is 3.60. The summed E-state index contributed by atoms with van der Waals surface area (Å²) in [4.78, 5) is 6.95. The molecule has 1 fully saturated rings. The molecular weight excluding hydrogens is 283 g/mol. The summed E-state index contributed by atoms with van der Waals surface area (Å²) in [5.74, 6) is 0.566. The minimum absolute atomic E-state index is 0. The Morgan fingerprint density at radius 2 is 2.16 bits per heavy atom. The topological polar surface area (TPSA) is 46.6 Å². The summed E-state index contributed by atoms with van der Waals surface area (Å²) in [5, 5.41) is 0.725. The maximum Gasteiger partial charge on any atom is 0.137 e. The van der Waals surface area contributed by atoms with Gasteiger partial charge in [-0.2, -0.15) is 0 Å². The molecule has 0 aliphatic carbocycles. The van der Waals surface area contributed by atoms with Crippen LogP contribution in [0.5, 0.6) is 0 Å². The van der Waals surface area contributed by atoms with Crippen molar-refractivity contribution in [2.75, 3.05) is 13.1 Å². The average Bonchev–Trinajstić information content (AvgIpc) is 2.82. The van der Waals surface area contributed by atoms with Gasteiger partial charge in [-0.3, -0.25) is 4.90 Å². The summed E-state index contributed by atoms with van der Waals surface area (Å²) in [7, 11) is 0. The van der Waals surface area contributed by atoms with E-state index in [1.807, 2.05) is 28.9 Å². The zero-order valence-electron chi connectivity index (χ0n) is 10.8. The van der Waals surface area contributed by atoms with Crippen LogP contribution in [-0.2, 0) is 6.54 Å². The Labute approximate surface area is 124 Å². The van der Waals surface area contributed by atoms with Gasteiger partial charge in [0.05, 0.1) is 10.7 Å². The van der Waals surface area contributed by atoms with Crippen LogP contribution < -0.4 is 5.73 Å². The summed E-state index contributed by atoms with van der Waals surface area (Å²) in [6.45, 7) is 5.07. The first kappa shape index (κ1) is 14.6. The number of rotatable bonds is 2. The van der Waals surface area contributed by atoms with Crippen LogP contribution in [0.1, 0.15) is 12.6 Å². The lowest BCUT2D eigenvalue weighted by Gasteiger charge is -2.12. The number of pyridine rings is 1. The fourth-order valence-electron chi connectivity index (χ4n) is 2.55. The monoisotopic (exact) mass is 300 g/mol. The molecule has 3 rings (SSSR count). The zero-order valence-corrected chi connectivity index (χ0v) is 12.4. The minimum atomic E-state index is 0. The normalized spacial score (nSPS) is 23.7. The van der Waals surface area contributed by atoms with Crippen molar-refractivity contribution in [1.29, 1.82) is 0 Å². The van der Waals surface area contributed by atoms with Gasteiger partial charge in [-0.25, -0.2) is 4.98 Å². The van der Waals surface area contributed by atoms with E-state index in [1.54, 1.807) is 0 Å². The molecule has 0 bridgehead atoms. The molecule has 4 nitrogen and oxygen atoms in total. The Kier molecular flexibility index (Phi) is 4.36. The lowest BCUT2D eigenvalue weighted by molar-refractivity contribution is 0.315. The summed E-state index contributed by atoms with van der Waals surface area (Å²) in [5.41, 5.74) is 8.04. The van der Waals surface area contributed by atoms with Crippen molar-refractivity contribution in [3.05, 3.63) is 35.2 Å². The highest BCUT2D eigenvalue weighted by molar-refractivity contribution is 6.30. The van der Waals surface area contributed by atoms with Gasteiger partial charge in [0.15, 0.2) is 0 Å². The van der Waals surface area contributed by atoms with Crippen molar-refractivity contribution < 1.29 is 0 Å². The van der Waals surface area contributed by atoms with E-state index in [1.165, 1.54) is 0 Å². The standard InChI is InChI=1S/C13H17ClN4.ClH/c1-9-4-17(8-12(9)15)6-11-7-18-5-10(14)2-3-13(18)16-11;/h2-3,5,7,9,12H,4,6,8,15H2,1H3;1H. The lowest BCUT2D eigenvalue weighted by atomic mass is 10.1. The van der Waals surface area contributed by atoms with Crippen LogP contribution in [-0.4, -0.2) is 33.4 Å². The molecule has 1 aliphatic heterocycles. The number of hydrogen-bond acceptors (Lipinski definition) is 3. The highest BCUT2D eigenvalue weighted by Gasteiger charge is 2.26. The molecule has 2 aromatic heterocycles. The van der Waals surface area contributed by atoms with Crippen molar-refractivity contribution in [2.45, 2.75) is 19.5 Å². The molecule has 3 heterocycles. The molecule has 1 saturated heterocycles. The predicted molar refractivity (Wildman–Crippen MR) is 79.9 cm³/mol. The van der Waals surface area contributed by atoms with Gasteiger partial charge in [0.1, 0.15) is 5.65 Å². The van der Waals surface area contributed by atoms with Crippen LogP contribution in [0.3, 0.4) is 0 Å². The average molecular weight is 301 g/mol. The van der Waals surface area contributed by atoms with E-state index in [-0.39, 0.29) is 18.4 Å². The summed E-state index contributed by atoms with van der Waals surface area (Å²) in [6, 6.07) is 4.09. The number of aromatic nitrogens is 2. The van der Waals surface area contributed by atoms with Crippen molar-refractivity contribution in [2.24, 2.45) is 11.7 Å². The molecule has 2 N–H and O–H groups in total. The molecule has 19 heavy (non-hydrogen) atoms. The van der Waals surface area contributed by atoms with E-state index in [2.05, 4.69) is 16.8 Å². The Bertz CT molecular complexity index is 559. The van der Waals surface area contributed by atoms with Crippen LogP contribution in [0.25, 0.3) is 5.65 Å². The predicted octanol–water partition coefficient (Wildman–Crippen LogP) is 2.19. The second-order valence-electron chi connectivity index (χ2n) is 5.18. The molecule has 0 amide bonds. The van der Waals surface area contributed by atoms with Gasteiger partial charge < -0.3 is 10.1 Å². The third-order valence-corrected chi connectivity index (χ3v) is 3.82. The second kappa shape index (κ2) is 5.67. The molecule has 104 valence electrons. The van der Waals surface area contributed by atoms with Crippen LogP contribution >= 0.6 is 24.0 Å². The largest absolute Gasteiger partial charge is 0.326 e.